The molecule has 2 aromatic heterocycles. The van der Waals surface area contributed by atoms with Gasteiger partial charge in [0.15, 0.2) is 0 Å². The van der Waals surface area contributed by atoms with E-state index in [9.17, 15) is 18.0 Å². The van der Waals surface area contributed by atoms with E-state index >= 15 is 0 Å². The van der Waals surface area contributed by atoms with Gasteiger partial charge in [0, 0.05) is 19.5 Å². The van der Waals surface area contributed by atoms with Gasteiger partial charge in [-0.05, 0) is 30.0 Å². The lowest BCUT2D eigenvalue weighted by Gasteiger charge is -2.34. The number of amides is 2. The molecule has 1 aliphatic rings. The summed E-state index contributed by atoms with van der Waals surface area (Å²) in [6.45, 7) is 0.802. The van der Waals surface area contributed by atoms with Crippen molar-refractivity contribution in [2.24, 2.45) is 0 Å². The summed E-state index contributed by atoms with van der Waals surface area (Å²) in [4.78, 5) is 23.9. The molecule has 11 heteroatoms. The normalized spacial score (nSPS) is 17.9. The number of rotatable bonds is 7. The summed E-state index contributed by atoms with van der Waals surface area (Å²) in [6, 6.07) is 6.70. The highest BCUT2D eigenvalue weighted by Gasteiger charge is 2.35. The first-order valence-corrected chi connectivity index (χ1v) is 11.1. The van der Waals surface area contributed by atoms with Crippen LogP contribution in [0.3, 0.4) is 0 Å². The van der Waals surface area contributed by atoms with Crippen LogP contribution in [-0.4, -0.2) is 57.0 Å². The molecule has 0 aliphatic carbocycles. The number of thiophene rings is 1. The highest BCUT2D eigenvalue weighted by molar-refractivity contribution is 7.91. The minimum absolute atomic E-state index is 0.116. The van der Waals surface area contributed by atoms with E-state index in [1.807, 2.05) is 0 Å². The third-order valence-corrected chi connectivity index (χ3v) is 7.35. The van der Waals surface area contributed by atoms with E-state index in [1.165, 1.54) is 16.6 Å². The second kappa shape index (κ2) is 9.32. The second-order valence-electron chi connectivity index (χ2n) is 6.02. The summed E-state index contributed by atoms with van der Waals surface area (Å²) < 4.78 is 37.6. The third kappa shape index (κ3) is 4.98. The van der Waals surface area contributed by atoms with E-state index < -0.39 is 28.1 Å². The van der Waals surface area contributed by atoms with Crippen LogP contribution in [0.25, 0.3) is 0 Å². The molecule has 0 bridgehead atoms. The first kappa shape index (κ1) is 20.5. The van der Waals surface area contributed by atoms with Gasteiger partial charge in [-0.25, -0.2) is 8.42 Å². The first-order valence-electron chi connectivity index (χ1n) is 8.74. The van der Waals surface area contributed by atoms with E-state index in [0.717, 1.165) is 11.3 Å². The molecular formula is C17H21N3O6S2. The van der Waals surface area contributed by atoms with Crippen molar-refractivity contribution in [3.8, 4) is 0 Å². The molecule has 1 atom stereocenters. The van der Waals surface area contributed by atoms with Gasteiger partial charge in [-0.15, -0.1) is 11.3 Å². The van der Waals surface area contributed by atoms with Crippen molar-refractivity contribution in [3.05, 3.63) is 41.7 Å². The van der Waals surface area contributed by atoms with E-state index in [-0.39, 0.29) is 23.8 Å². The maximum atomic E-state index is 12.7. The number of hydrogen-bond donors (Lipinski definition) is 2. The molecule has 3 rings (SSSR count). The maximum absolute atomic E-state index is 12.7. The van der Waals surface area contributed by atoms with Crippen molar-refractivity contribution in [1.29, 1.82) is 0 Å². The smallest absolute Gasteiger partial charge is 0.309 e. The highest BCUT2D eigenvalue weighted by Crippen LogP contribution is 2.25. The summed E-state index contributed by atoms with van der Waals surface area (Å²) in [5, 5.41) is 6.61. The Morgan fingerprint density at radius 3 is 2.75 bits per heavy atom. The predicted molar refractivity (Wildman–Crippen MR) is 101 cm³/mol. The van der Waals surface area contributed by atoms with Crippen LogP contribution in [-0.2, 0) is 30.8 Å². The van der Waals surface area contributed by atoms with Crippen LogP contribution in [0.2, 0.25) is 0 Å². The number of sulfonamides is 1. The molecule has 0 radical (unpaired) electrons. The minimum atomic E-state index is -3.71. The monoisotopic (exact) mass is 427 g/mol. The number of carbonyl (C=O) groups excluding carboxylic acids is 2. The molecule has 1 fully saturated rings. The molecule has 1 saturated heterocycles. The Kier molecular flexibility index (Phi) is 6.83. The Labute approximate surface area is 166 Å². The van der Waals surface area contributed by atoms with Crippen LogP contribution < -0.4 is 10.6 Å². The van der Waals surface area contributed by atoms with Gasteiger partial charge in [-0.3, -0.25) is 9.59 Å². The maximum Gasteiger partial charge on any atom is 0.309 e. The van der Waals surface area contributed by atoms with Gasteiger partial charge in [0.25, 0.3) is 10.0 Å². The van der Waals surface area contributed by atoms with Gasteiger partial charge in [0.2, 0.25) is 0 Å². The lowest BCUT2D eigenvalue weighted by molar-refractivity contribution is -0.140. The fraction of sp³-hybridized carbons (Fsp3) is 0.412. The molecule has 2 amide bonds. The van der Waals surface area contributed by atoms with Crippen LogP contribution in [0.5, 0.6) is 0 Å². The van der Waals surface area contributed by atoms with Crippen LogP contribution >= 0.6 is 11.3 Å². The number of nitrogens with zero attached hydrogens (tertiary/aromatic N) is 1. The molecule has 1 aliphatic heterocycles. The lowest BCUT2D eigenvalue weighted by atomic mass is 10.3. The van der Waals surface area contributed by atoms with Crippen molar-refractivity contribution >= 4 is 33.2 Å². The summed E-state index contributed by atoms with van der Waals surface area (Å²) >= 11 is 1.12. The summed E-state index contributed by atoms with van der Waals surface area (Å²) in [5.74, 6) is -0.942. The fourth-order valence-corrected chi connectivity index (χ4v) is 5.41. The number of furan rings is 1. The zero-order chi connectivity index (χ0) is 20.0. The van der Waals surface area contributed by atoms with E-state index in [2.05, 4.69) is 10.6 Å². The number of ether oxygens (including phenoxy) is 1. The van der Waals surface area contributed by atoms with Gasteiger partial charge in [-0.2, -0.15) is 4.31 Å². The van der Waals surface area contributed by atoms with E-state index in [1.54, 1.807) is 23.6 Å². The van der Waals surface area contributed by atoms with Gasteiger partial charge >= 0.3 is 11.8 Å². The molecule has 1 unspecified atom stereocenters. The molecule has 3 heterocycles. The quantitative estimate of drug-likeness (QED) is 0.623. The van der Waals surface area contributed by atoms with Crippen LogP contribution in [0, 0.1) is 0 Å². The Morgan fingerprint density at radius 2 is 2.04 bits per heavy atom. The Morgan fingerprint density at radius 1 is 1.21 bits per heavy atom. The third-order valence-electron chi connectivity index (χ3n) is 4.09. The van der Waals surface area contributed by atoms with Crippen molar-refractivity contribution in [3.63, 3.8) is 0 Å². The molecule has 152 valence electrons. The Hall–Kier alpha value is -2.21. The number of carbonyl (C=O) groups is 2. The summed E-state index contributed by atoms with van der Waals surface area (Å²) in [5.41, 5.74) is 0. The summed E-state index contributed by atoms with van der Waals surface area (Å²) in [6.07, 6.45) is 1.69. The molecule has 0 aromatic carbocycles. The molecule has 2 aromatic rings. The zero-order valence-corrected chi connectivity index (χ0v) is 16.6. The number of nitrogens with one attached hydrogen (secondary N) is 2. The van der Waals surface area contributed by atoms with Crippen molar-refractivity contribution in [1.82, 2.24) is 14.9 Å². The van der Waals surface area contributed by atoms with Gasteiger partial charge in [0.05, 0.1) is 19.4 Å². The fourth-order valence-electron chi connectivity index (χ4n) is 2.72. The average molecular weight is 428 g/mol. The minimum Gasteiger partial charge on any atom is -0.469 e. The standard InChI is InChI=1S/C17H21N3O6S2/c21-16(18-7-6-13-4-1-9-25-13)17(22)19-12-14-20(8-3-10-26-14)28(23,24)15-5-2-11-27-15/h1-2,4-5,9,11,14H,3,6-8,10,12H2,(H,18,21)(H,19,22). The van der Waals surface area contributed by atoms with Crippen molar-refractivity contribution < 1.29 is 27.2 Å². The Bertz CT molecular complexity index is 880. The van der Waals surface area contributed by atoms with Crippen LogP contribution in [0.1, 0.15) is 12.2 Å². The number of hydrogen-bond acceptors (Lipinski definition) is 7. The summed E-state index contributed by atoms with van der Waals surface area (Å²) in [7, 11) is -3.71. The van der Waals surface area contributed by atoms with Crippen LogP contribution in [0.15, 0.2) is 44.5 Å². The van der Waals surface area contributed by atoms with Gasteiger partial charge in [-0.1, -0.05) is 6.07 Å². The predicted octanol–water partition coefficient (Wildman–Crippen LogP) is 0.553. The van der Waals surface area contributed by atoms with Crippen molar-refractivity contribution in [2.45, 2.75) is 23.3 Å². The topological polar surface area (TPSA) is 118 Å². The largest absolute Gasteiger partial charge is 0.469 e. The molecule has 28 heavy (non-hydrogen) atoms. The highest BCUT2D eigenvalue weighted by atomic mass is 32.2. The average Bonchev–Trinajstić information content (AvgIpc) is 3.40. The van der Waals surface area contributed by atoms with E-state index in [0.29, 0.717) is 25.2 Å². The zero-order valence-electron chi connectivity index (χ0n) is 15.0. The molecule has 9 nitrogen and oxygen atoms in total. The van der Waals surface area contributed by atoms with E-state index in [4.69, 9.17) is 9.15 Å². The van der Waals surface area contributed by atoms with Crippen molar-refractivity contribution in [2.75, 3.05) is 26.2 Å². The molecule has 2 N–H and O–H groups in total. The molecule has 0 spiro atoms. The lowest BCUT2D eigenvalue weighted by Crippen LogP contribution is -2.53. The van der Waals surface area contributed by atoms with Gasteiger partial charge in [0.1, 0.15) is 16.2 Å². The Balaban J connectivity index is 1.51. The molecule has 0 saturated carbocycles. The SMILES string of the molecule is O=C(NCCc1ccco1)C(=O)NCC1OCCCN1S(=O)(=O)c1cccs1. The second-order valence-corrected chi connectivity index (χ2v) is 9.09. The first-order chi connectivity index (χ1) is 13.5. The van der Waals surface area contributed by atoms with Gasteiger partial charge < -0.3 is 19.8 Å². The van der Waals surface area contributed by atoms with Crippen LogP contribution in [0.4, 0.5) is 0 Å². The molecular weight excluding hydrogens is 406 g/mol.